The maximum atomic E-state index is 11.6. The Labute approximate surface area is 131 Å². The van der Waals surface area contributed by atoms with E-state index in [1.165, 1.54) is 5.56 Å². The zero-order chi connectivity index (χ0) is 14.2. The van der Waals surface area contributed by atoms with Gasteiger partial charge in [0.25, 0.3) is 0 Å². The normalized spacial score (nSPS) is 10.2. The van der Waals surface area contributed by atoms with Crippen LogP contribution in [0.3, 0.4) is 0 Å². The van der Waals surface area contributed by atoms with Crippen molar-refractivity contribution in [1.29, 1.82) is 0 Å². The van der Waals surface area contributed by atoms with Crippen LogP contribution < -0.4 is 10.6 Å². The quantitative estimate of drug-likeness (QED) is 0.770. The summed E-state index contributed by atoms with van der Waals surface area (Å²) in [4.78, 5) is 11.6. The average Bonchev–Trinajstić information content (AvgIpc) is 2.91. The van der Waals surface area contributed by atoms with Gasteiger partial charge in [-0.2, -0.15) is 23.1 Å². The van der Waals surface area contributed by atoms with Crippen LogP contribution in [0.1, 0.15) is 5.56 Å². The summed E-state index contributed by atoms with van der Waals surface area (Å²) in [5, 5.41) is 10.4. The molecule has 0 unspecified atom stereocenters. The molecule has 1 heterocycles. The second-order valence-corrected chi connectivity index (χ2v) is 6.40. The fourth-order valence-electron chi connectivity index (χ4n) is 1.54. The van der Waals surface area contributed by atoms with Gasteiger partial charge in [-0.1, -0.05) is 17.7 Å². The van der Waals surface area contributed by atoms with Crippen molar-refractivity contribution in [1.82, 2.24) is 5.32 Å². The zero-order valence-electron chi connectivity index (χ0n) is 10.8. The number of thiophene rings is 1. The summed E-state index contributed by atoms with van der Waals surface area (Å²) < 4.78 is 0. The standard InChI is InChI=1S/C14H15ClN2OS2/c15-12-2-1-3-13(8-12)17-14(18)16-5-7-20-10-11-4-6-19-9-11/h1-4,6,8-9H,5,7,10H2,(H2,16,17,18). The smallest absolute Gasteiger partial charge is 0.319 e. The first-order chi connectivity index (χ1) is 9.74. The Balaban J connectivity index is 1.60. The lowest BCUT2D eigenvalue weighted by Crippen LogP contribution is -2.30. The van der Waals surface area contributed by atoms with Gasteiger partial charge in [-0.3, -0.25) is 0 Å². The van der Waals surface area contributed by atoms with Gasteiger partial charge in [0.15, 0.2) is 0 Å². The molecule has 2 amide bonds. The molecule has 0 saturated carbocycles. The molecule has 1 aromatic carbocycles. The Morgan fingerprint density at radius 1 is 1.35 bits per heavy atom. The van der Waals surface area contributed by atoms with E-state index in [9.17, 15) is 4.79 Å². The molecule has 2 rings (SSSR count). The molecule has 106 valence electrons. The van der Waals surface area contributed by atoms with Gasteiger partial charge in [0.1, 0.15) is 0 Å². The molecule has 0 bridgehead atoms. The van der Waals surface area contributed by atoms with E-state index in [4.69, 9.17) is 11.6 Å². The summed E-state index contributed by atoms with van der Waals surface area (Å²) in [5.41, 5.74) is 2.03. The highest BCUT2D eigenvalue weighted by Gasteiger charge is 2.01. The number of urea groups is 1. The number of carbonyl (C=O) groups is 1. The molecule has 2 N–H and O–H groups in total. The summed E-state index contributed by atoms with van der Waals surface area (Å²) >= 11 is 9.36. The fraction of sp³-hybridized carbons (Fsp3) is 0.214. The van der Waals surface area contributed by atoms with Crippen molar-refractivity contribution >= 4 is 46.4 Å². The van der Waals surface area contributed by atoms with E-state index in [0.29, 0.717) is 17.3 Å². The van der Waals surface area contributed by atoms with Crippen LogP contribution in [-0.4, -0.2) is 18.3 Å². The summed E-state index contributed by atoms with van der Waals surface area (Å²) in [7, 11) is 0. The molecule has 0 atom stereocenters. The number of carbonyl (C=O) groups excluding carboxylic acids is 1. The third-order valence-corrected chi connectivity index (χ3v) is 4.46. The number of rotatable bonds is 6. The Hall–Kier alpha value is -1.17. The molecule has 0 aliphatic heterocycles. The minimum atomic E-state index is -0.205. The van der Waals surface area contributed by atoms with Crippen LogP contribution >= 0.6 is 34.7 Å². The van der Waals surface area contributed by atoms with Crippen molar-refractivity contribution in [3.05, 3.63) is 51.7 Å². The number of thioether (sulfide) groups is 1. The van der Waals surface area contributed by atoms with E-state index in [1.807, 2.05) is 0 Å². The number of halogens is 1. The Morgan fingerprint density at radius 3 is 3.00 bits per heavy atom. The zero-order valence-corrected chi connectivity index (χ0v) is 13.2. The Bertz CT molecular complexity index is 546. The van der Waals surface area contributed by atoms with Gasteiger partial charge in [-0.25, -0.2) is 4.79 Å². The summed E-state index contributed by atoms with van der Waals surface area (Å²) in [5.74, 6) is 1.87. The lowest BCUT2D eigenvalue weighted by Gasteiger charge is -2.07. The highest BCUT2D eigenvalue weighted by molar-refractivity contribution is 7.98. The molecule has 0 aliphatic carbocycles. The van der Waals surface area contributed by atoms with Gasteiger partial charge in [0.05, 0.1) is 0 Å². The number of nitrogens with one attached hydrogen (secondary N) is 2. The molecule has 6 heteroatoms. The monoisotopic (exact) mass is 326 g/mol. The SMILES string of the molecule is O=C(NCCSCc1ccsc1)Nc1cccc(Cl)c1. The predicted octanol–water partition coefficient (Wildman–Crippen LogP) is 4.46. The van der Waals surface area contributed by atoms with Crippen LogP contribution in [0.2, 0.25) is 5.02 Å². The molecule has 3 nitrogen and oxygen atoms in total. The topological polar surface area (TPSA) is 41.1 Å². The van der Waals surface area contributed by atoms with Crippen molar-refractivity contribution in [3.8, 4) is 0 Å². The van der Waals surface area contributed by atoms with E-state index in [-0.39, 0.29) is 6.03 Å². The van der Waals surface area contributed by atoms with Crippen molar-refractivity contribution < 1.29 is 4.79 Å². The van der Waals surface area contributed by atoms with Gasteiger partial charge in [-0.15, -0.1) is 0 Å². The van der Waals surface area contributed by atoms with Crippen molar-refractivity contribution in [2.45, 2.75) is 5.75 Å². The van der Waals surface area contributed by atoms with E-state index in [1.54, 1.807) is 47.4 Å². The van der Waals surface area contributed by atoms with Gasteiger partial charge >= 0.3 is 6.03 Å². The molecule has 0 spiro atoms. The van der Waals surface area contributed by atoms with Gasteiger partial charge < -0.3 is 10.6 Å². The molecule has 20 heavy (non-hydrogen) atoms. The van der Waals surface area contributed by atoms with E-state index in [0.717, 1.165) is 11.5 Å². The van der Waals surface area contributed by atoms with Gasteiger partial charge in [-0.05, 0) is 40.6 Å². The highest BCUT2D eigenvalue weighted by Crippen LogP contribution is 2.15. The van der Waals surface area contributed by atoms with Crippen molar-refractivity contribution in [2.24, 2.45) is 0 Å². The summed E-state index contributed by atoms with van der Waals surface area (Å²) in [6, 6.07) is 9.00. The minimum absolute atomic E-state index is 0.205. The lowest BCUT2D eigenvalue weighted by atomic mass is 10.3. The largest absolute Gasteiger partial charge is 0.337 e. The van der Waals surface area contributed by atoms with E-state index >= 15 is 0 Å². The molecular formula is C14H15ClN2OS2. The van der Waals surface area contributed by atoms with Crippen LogP contribution in [-0.2, 0) is 5.75 Å². The lowest BCUT2D eigenvalue weighted by molar-refractivity contribution is 0.252. The molecule has 0 fully saturated rings. The molecule has 0 radical (unpaired) electrons. The maximum Gasteiger partial charge on any atom is 0.319 e. The first kappa shape index (κ1) is 15.2. The third kappa shape index (κ3) is 5.45. The number of hydrogen-bond donors (Lipinski definition) is 2. The molecule has 0 aliphatic rings. The molecule has 2 aromatic rings. The number of benzene rings is 1. The van der Waals surface area contributed by atoms with Crippen LogP contribution in [0.5, 0.6) is 0 Å². The van der Waals surface area contributed by atoms with Crippen molar-refractivity contribution in [2.75, 3.05) is 17.6 Å². The third-order valence-electron chi connectivity index (χ3n) is 2.46. The average molecular weight is 327 g/mol. The molecular weight excluding hydrogens is 312 g/mol. The fourth-order valence-corrected chi connectivity index (χ4v) is 3.31. The van der Waals surface area contributed by atoms with Gasteiger partial charge in [0, 0.05) is 28.8 Å². The van der Waals surface area contributed by atoms with E-state index in [2.05, 4.69) is 27.5 Å². The highest BCUT2D eigenvalue weighted by atomic mass is 35.5. The van der Waals surface area contributed by atoms with Crippen LogP contribution in [0.4, 0.5) is 10.5 Å². The first-order valence-corrected chi connectivity index (χ1v) is 8.61. The number of amides is 2. The Kier molecular flexibility index (Phi) is 6.24. The number of hydrogen-bond acceptors (Lipinski definition) is 3. The van der Waals surface area contributed by atoms with Crippen LogP contribution in [0.15, 0.2) is 41.1 Å². The molecule has 1 aromatic heterocycles. The second kappa shape index (κ2) is 8.19. The summed E-state index contributed by atoms with van der Waals surface area (Å²) in [6.07, 6.45) is 0. The predicted molar refractivity (Wildman–Crippen MR) is 89.0 cm³/mol. The summed E-state index contributed by atoms with van der Waals surface area (Å²) in [6.45, 7) is 0.640. The first-order valence-electron chi connectivity index (χ1n) is 6.13. The van der Waals surface area contributed by atoms with Crippen LogP contribution in [0.25, 0.3) is 0 Å². The maximum absolute atomic E-state index is 11.6. The minimum Gasteiger partial charge on any atom is -0.337 e. The van der Waals surface area contributed by atoms with Crippen LogP contribution in [0, 0.1) is 0 Å². The second-order valence-electron chi connectivity index (χ2n) is 4.08. The van der Waals surface area contributed by atoms with Crippen molar-refractivity contribution in [3.63, 3.8) is 0 Å². The van der Waals surface area contributed by atoms with E-state index < -0.39 is 0 Å². The van der Waals surface area contributed by atoms with Gasteiger partial charge in [0.2, 0.25) is 0 Å². The molecule has 0 saturated heterocycles. The Morgan fingerprint density at radius 2 is 2.25 bits per heavy atom. The number of anilines is 1.